The predicted octanol–water partition coefficient (Wildman–Crippen LogP) is -1.77. The van der Waals surface area contributed by atoms with Gasteiger partial charge in [0.15, 0.2) is 0 Å². The Morgan fingerprint density at radius 2 is 2.50 bits per heavy atom. The second-order valence-electron chi connectivity index (χ2n) is 1.50. The quantitative estimate of drug-likeness (QED) is 0.409. The Labute approximate surface area is 43.0 Å². The molecule has 5 nitrogen and oxygen atoms in total. The van der Waals surface area contributed by atoms with Gasteiger partial charge < -0.3 is 5.73 Å². The molecule has 0 spiro atoms. The Morgan fingerprint density at radius 3 is 2.75 bits per heavy atom. The molecule has 8 heavy (non-hydrogen) atoms. The van der Waals surface area contributed by atoms with Gasteiger partial charge in [-0.25, -0.2) is 4.79 Å². The molecule has 0 aliphatic rings. The minimum atomic E-state index is -0.159. The fourth-order valence-corrected chi connectivity index (χ4v) is 0.557. The minimum absolute atomic E-state index is 0.106. The van der Waals surface area contributed by atoms with E-state index in [9.17, 15) is 4.79 Å². The number of anilines is 1. The van der Waals surface area contributed by atoms with Crippen LogP contribution in [0, 0.1) is 0 Å². The average molecular weight is 112 g/mol. The predicted molar refractivity (Wildman–Crippen MR) is 22.7 cm³/mol. The van der Waals surface area contributed by atoms with Gasteiger partial charge in [-0.05, 0) is 0 Å². The molecule has 0 aliphatic heterocycles. The molecule has 2 aromatic heterocycles. The van der Waals surface area contributed by atoms with Gasteiger partial charge in [0.2, 0.25) is 5.27 Å². The molecule has 0 atom stereocenters. The molecule has 0 saturated carbocycles. The molecule has 2 aromatic rings. The molecule has 0 saturated heterocycles. The van der Waals surface area contributed by atoms with Crippen LogP contribution >= 0.6 is 0 Å². The highest BCUT2D eigenvalue weighted by molar-refractivity contribution is 5.58. The highest BCUT2D eigenvalue weighted by Gasteiger charge is 2.37. The zero-order valence-corrected chi connectivity index (χ0v) is 3.79. The van der Waals surface area contributed by atoms with Crippen molar-refractivity contribution < 1.29 is 9.04 Å². The van der Waals surface area contributed by atoms with Crippen molar-refractivity contribution in [1.82, 2.24) is 5.27 Å². The van der Waals surface area contributed by atoms with E-state index < -0.39 is 0 Å². The lowest BCUT2D eigenvalue weighted by Gasteiger charge is -1.60. The molecule has 2 heterocycles. The summed E-state index contributed by atoms with van der Waals surface area (Å²) in [4.78, 5) is 10.3. The molecule has 2 N–H and O–H groups in total. The lowest BCUT2D eigenvalue weighted by Crippen LogP contribution is -2.17. The standard InChI is InChI=1S/C3HN3O2/c4-2-1-3(7)6(1)5-8-2/h(H-,4,5,7)/p+1. The monoisotopic (exact) mass is 112 g/mol. The molecule has 5 heteroatoms. The summed E-state index contributed by atoms with van der Waals surface area (Å²) in [5, 5.41) is 3.26. The van der Waals surface area contributed by atoms with Crippen LogP contribution in [0.2, 0.25) is 0 Å². The highest BCUT2D eigenvalue weighted by atomic mass is 16.5. The molecule has 0 bridgehead atoms. The fourth-order valence-electron chi connectivity index (χ4n) is 0.557. The first kappa shape index (κ1) is 3.59. The summed E-state index contributed by atoms with van der Waals surface area (Å²) >= 11 is 0. The largest absolute Gasteiger partial charge is 0.526 e. The number of nitrogen functional groups attached to an aromatic ring is 1. The lowest BCUT2D eigenvalue weighted by atomic mass is 10.7. The van der Waals surface area contributed by atoms with E-state index in [1.54, 1.807) is 0 Å². The van der Waals surface area contributed by atoms with E-state index in [4.69, 9.17) is 5.73 Å². The number of nitrogens with two attached hydrogens (primary N) is 1. The number of hydrogen-bond acceptors (Lipinski definition) is 4. The maximum atomic E-state index is 10.3. The van der Waals surface area contributed by atoms with Gasteiger partial charge in [-0.15, -0.1) is 0 Å². The summed E-state index contributed by atoms with van der Waals surface area (Å²) < 4.78 is 5.48. The summed E-state index contributed by atoms with van der Waals surface area (Å²) in [6.07, 6.45) is 0. The van der Waals surface area contributed by atoms with Crippen molar-refractivity contribution in [2.45, 2.75) is 0 Å². The van der Waals surface area contributed by atoms with Crippen LogP contribution in [0.3, 0.4) is 0 Å². The number of nitrogens with zero attached hydrogens (tertiary/aromatic N) is 2. The summed E-state index contributed by atoms with van der Waals surface area (Å²) in [5.74, 6) is 0.106. The Bertz CT molecular complexity index is 339. The van der Waals surface area contributed by atoms with Crippen LogP contribution in [0.25, 0.3) is 5.52 Å². The van der Waals surface area contributed by atoms with Crippen LogP contribution in [0.5, 0.6) is 0 Å². The van der Waals surface area contributed by atoms with Crippen LogP contribution in [0.4, 0.5) is 5.88 Å². The van der Waals surface area contributed by atoms with Crippen LogP contribution in [-0.4, -0.2) is 5.27 Å². The molecule has 0 aromatic carbocycles. The fraction of sp³-hybridized carbons (Fsp3) is 0. The van der Waals surface area contributed by atoms with E-state index in [-0.39, 0.29) is 11.4 Å². The third-order valence-corrected chi connectivity index (χ3v) is 1.01. The summed E-state index contributed by atoms with van der Waals surface area (Å²) in [6, 6.07) is 0. The Morgan fingerprint density at radius 1 is 1.75 bits per heavy atom. The van der Waals surface area contributed by atoms with E-state index in [0.29, 0.717) is 5.52 Å². The molecule has 2 rings (SSSR count). The van der Waals surface area contributed by atoms with Crippen LogP contribution in [-0.2, 0) is 0 Å². The number of rotatable bonds is 0. The second-order valence-corrected chi connectivity index (χ2v) is 1.50. The smallest absolute Gasteiger partial charge is 0.361 e. The van der Waals surface area contributed by atoms with Gasteiger partial charge in [0.05, 0.1) is 4.52 Å². The van der Waals surface area contributed by atoms with Crippen molar-refractivity contribution >= 4 is 11.4 Å². The van der Waals surface area contributed by atoms with E-state index in [0.717, 1.165) is 4.52 Å². The summed E-state index contributed by atoms with van der Waals surface area (Å²) in [5.41, 5.74) is 5.33. The van der Waals surface area contributed by atoms with Gasteiger partial charge in [0, 0.05) is 0 Å². The zero-order chi connectivity index (χ0) is 5.72. The minimum Gasteiger partial charge on any atom is -0.361 e. The van der Waals surface area contributed by atoms with Gasteiger partial charge in [-0.1, -0.05) is 0 Å². The lowest BCUT2D eigenvalue weighted by molar-refractivity contribution is -0.555. The Hall–Kier alpha value is -1.39. The SMILES string of the molecule is Nc1on[n+]2c(=O)c12. The van der Waals surface area contributed by atoms with Crippen molar-refractivity contribution in [2.24, 2.45) is 0 Å². The molecule has 0 amide bonds. The van der Waals surface area contributed by atoms with Crippen molar-refractivity contribution in [3.63, 3.8) is 0 Å². The number of aromatic nitrogens is 2. The molecule has 0 aliphatic carbocycles. The normalized spacial score (nSPS) is 11.5. The molecule has 0 fully saturated rings. The Balaban J connectivity index is 3.04. The first-order chi connectivity index (χ1) is 3.80. The van der Waals surface area contributed by atoms with Crippen molar-refractivity contribution in [1.29, 1.82) is 0 Å². The number of hydrogen-bond donors (Lipinski definition) is 1. The third-order valence-electron chi connectivity index (χ3n) is 1.01. The van der Waals surface area contributed by atoms with Gasteiger partial charge in [-0.2, -0.15) is 0 Å². The zero-order valence-electron chi connectivity index (χ0n) is 3.79. The van der Waals surface area contributed by atoms with E-state index in [1.165, 1.54) is 0 Å². The Kier molecular flexibility index (Phi) is 0.337. The van der Waals surface area contributed by atoms with E-state index >= 15 is 0 Å². The van der Waals surface area contributed by atoms with Crippen LogP contribution < -0.4 is 15.8 Å². The van der Waals surface area contributed by atoms with Crippen molar-refractivity contribution in [2.75, 3.05) is 5.73 Å². The molecular weight excluding hydrogens is 110 g/mol. The van der Waals surface area contributed by atoms with Crippen LogP contribution in [0.1, 0.15) is 0 Å². The van der Waals surface area contributed by atoms with E-state index in [1.807, 2.05) is 0 Å². The maximum absolute atomic E-state index is 10.3. The average Bonchev–Trinajstić information content (AvgIpc) is 2.13. The van der Waals surface area contributed by atoms with Crippen LogP contribution in [0.15, 0.2) is 9.32 Å². The van der Waals surface area contributed by atoms with Crippen molar-refractivity contribution in [3.05, 3.63) is 10.4 Å². The van der Waals surface area contributed by atoms with Gasteiger partial charge in [-0.3, -0.25) is 4.52 Å². The molecule has 40 valence electrons. The molecule has 0 unspecified atom stereocenters. The molecule has 0 radical (unpaired) electrons. The first-order valence-corrected chi connectivity index (χ1v) is 2.03. The number of fused-ring (bicyclic) bond motifs is 1. The second kappa shape index (κ2) is 0.750. The van der Waals surface area contributed by atoms with E-state index in [2.05, 4.69) is 9.79 Å². The summed E-state index contributed by atoms with van der Waals surface area (Å²) in [6.45, 7) is 0. The topological polar surface area (TPSA) is 73.2 Å². The van der Waals surface area contributed by atoms with Crippen molar-refractivity contribution in [3.8, 4) is 0 Å². The van der Waals surface area contributed by atoms with Gasteiger partial charge in [0.1, 0.15) is 0 Å². The first-order valence-electron chi connectivity index (χ1n) is 2.03. The third kappa shape index (κ3) is 0.194. The maximum Gasteiger partial charge on any atom is 0.526 e. The summed E-state index contributed by atoms with van der Waals surface area (Å²) in [7, 11) is 0. The van der Waals surface area contributed by atoms with Gasteiger partial charge >= 0.3 is 17.0 Å². The van der Waals surface area contributed by atoms with Gasteiger partial charge in [0.25, 0.3) is 0 Å². The highest BCUT2D eigenvalue weighted by Crippen LogP contribution is 2.01. The molecular formula is C3H2N3O2+.